The van der Waals surface area contributed by atoms with Crippen molar-refractivity contribution in [2.75, 3.05) is 0 Å². The van der Waals surface area contributed by atoms with Crippen molar-refractivity contribution in [3.05, 3.63) is 45.1 Å². The summed E-state index contributed by atoms with van der Waals surface area (Å²) in [7, 11) is 0. The Bertz CT molecular complexity index is 576. The number of carbonyl (C=O) groups excluding carboxylic acids is 2. The van der Waals surface area contributed by atoms with Gasteiger partial charge in [0.05, 0.1) is 10.8 Å². The normalized spacial score (nSPS) is 15.8. The molecule has 1 N–H and O–H groups in total. The third-order valence-corrected chi connectivity index (χ3v) is 3.62. The fourth-order valence-electron chi connectivity index (χ4n) is 2.05. The van der Waals surface area contributed by atoms with Crippen LogP contribution in [-0.2, 0) is 4.79 Å². The molecule has 0 aromatic heterocycles. The lowest BCUT2D eigenvalue weighted by atomic mass is 9.91. The Hall–Kier alpha value is -1.32. The molecule has 3 nitrogen and oxygen atoms in total. The third kappa shape index (κ3) is 3.17. The van der Waals surface area contributed by atoms with Crippen LogP contribution in [-0.4, -0.2) is 16.7 Å². The van der Waals surface area contributed by atoms with Crippen molar-refractivity contribution < 1.29 is 14.7 Å². The Morgan fingerprint density at radius 1 is 1.26 bits per heavy atom. The summed E-state index contributed by atoms with van der Waals surface area (Å²) in [6.45, 7) is 0. The number of Topliss-reactive ketones (excluding diaryl/α,β-unsaturated/α-hetero) is 2. The largest absolute Gasteiger partial charge is 0.512 e. The maximum absolute atomic E-state index is 12.1. The fourth-order valence-corrected chi connectivity index (χ4v) is 2.56. The maximum Gasteiger partial charge on any atom is 0.168 e. The van der Waals surface area contributed by atoms with Crippen LogP contribution in [0, 0.1) is 0 Å². The van der Waals surface area contributed by atoms with E-state index in [4.69, 9.17) is 23.2 Å². The molecule has 0 saturated heterocycles. The molecule has 5 heteroatoms. The molecule has 0 aliphatic heterocycles. The van der Waals surface area contributed by atoms with Gasteiger partial charge < -0.3 is 5.11 Å². The standard InChI is InChI=1S/C14H12Cl2O3/c15-8-4-5-9(11(16)6-8)14(19)7-10-12(17)2-1-3-13(10)18/h4-6,17H,1-3,7H2. The third-order valence-electron chi connectivity index (χ3n) is 3.07. The first-order valence-electron chi connectivity index (χ1n) is 5.91. The molecule has 0 spiro atoms. The molecule has 1 aromatic carbocycles. The Morgan fingerprint density at radius 2 is 2.00 bits per heavy atom. The van der Waals surface area contributed by atoms with Crippen molar-refractivity contribution in [2.45, 2.75) is 25.7 Å². The van der Waals surface area contributed by atoms with Gasteiger partial charge in [0.15, 0.2) is 11.6 Å². The number of carbonyl (C=O) groups is 2. The molecule has 19 heavy (non-hydrogen) atoms. The van der Waals surface area contributed by atoms with E-state index >= 15 is 0 Å². The van der Waals surface area contributed by atoms with E-state index in [1.165, 1.54) is 12.1 Å². The second-order valence-electron chi connectivity index (χ2n) is 4.43. The minimum absolute atomic E-state index is 0.0229. The van der Waals surface area contributed by atoms with Gasteiger partial charge in [-0.05, 0) is 24.6 Å². The molecule has 1 aliphatic rings. The van der Waals surface area contributed by atoms with Gasteiger partial charge in [-0.1, -0.05) is 23.2 Å². The van der Waals surface area contributed by atoms with Crippen molar-refractivity contribution in [3.63, 3.8) is 0 Å². The predicted molar refractivity (Wildman–Crippen MR) is 73.9 cm³/mol. The highest BCUT2D eigenvalue weighted by Gasteiger charge is 2.23. The molecular formula is C14H12Cl2O3. The van der Waals surface area contributed by atoms with Gasteiger partial charge in [0.2, 0.25) is 0 Å². The van der Waals surface area contributed by atoms with Crippen LogP contribution in [0.4, 0.5) is 0 Å². The van der Waals surface area contributed by atoms with Crippen LogP contribution in [0.5, 0.6) is 0 Å². The monoisotopic (exact) mass is 298 g/mol. The zero-order chi connectivity index (χ0) is 14.0. The van der Waals surface area contributed by atoms with Crippen molar-refractivity contribution in [1.29, 1.82) is 0 Å². The minimum Gasteiger partial charge on any atom is -0.512 e. The van der Waals surface area contributed by atoms with E-state index in [0.717, 1.165) is 0 Å². The SMILES string of the molecule is O=C1CCCC(O)=C1CC(=O)c1ccc(Cl)cc1Cl. The van der Waals surface area contributed by atoms with E-state index < -0.39 is 0 Å². The molecule has 0 bridgehead atoms. The number of allylic oxidation sites excluding steroid dienone is 2. The van der Waals surface area contributed by atoms with Gasteiger partial charge >= 0.3 is 0 Å². The summed E-state index contributed by atoms with van der Waals surface area (Å²) >= 11 is 11.7. The smallest absolute Gasteiger partial charge is 0.168 e. The molecule has 0 radical (unpaired) electrons. The molecule has 1 aromatic rings. The number of ketones is 2. The second-order valence-corrected chi connectivity index (χ2v) is 5.27. The number of halogens is 2. The average Bonchev–Trinajstić information content (AvgIpc) is 2.33. The molecule has 1 aliphatic carbocycles. The van der Waals surface area contributed by atoms with Gasteiger partial charge in [-0.25, -0.2) is 0 Å². The molecule has 0 saturated carbocycles. The zero-order valence-corrected chi connectivity index (χ0v) is 11.6. The Balaban J connectivity index is 2.24. The number of benzene rings is 1. The van der Waals surface area contributed by atoms with E-state index in [9.17, 15) is 14.7 Å². The summed E-state index contributed by atoms with van der Waals surface area (Å²) < 4.78 is 0. The summed E-state index contributed by atoms with van der Waals surface area (Å²) in [6.07, 6.45) is 1.33. The second kappa shape index (κ2) is 5.76. The van der Waals surface area contributed by atoms with Crippen molar-refractivity contribution in [2.24, 2.45) is 0 Å². The summed E-state index contributed by atoms with van der Waals surface area (Å²) in [6, 6.07) is 4.57. The molecule has 0 unspecified atom stereocenters. The van der Waals surface area contributed by atoms with Crippen molar-refractivity contribution >= 4 is 34.8 Å². The van der Waals surface area contributed by atoms with Crippen LogP contribution in [0.1, 0.15) is 36.0 Å². The Labute approximate surface area is 120 Å². The van der Waals surface area contributed by atoms with Gasteiger partial charge in [-0.2, -0.15) is 0 Å². The van der Waals surface area contributed by atoms with Gasteiger partial charge in [-0.15, -0.1) is 0 Å². The number of hydrogen-bond donors (Lipinski definition) is 1. The van der Waals surface area contributed by atoms with Gasteiger partial charge in [-0.3, -0.25) is 9.59 Å². The van der Waals surface area contributed by atoms with E-state index in [0.29, 0.717) is 29.8 Å². The molecule has 0 fully saturated rings. The van der Waals surface area contributed by atoms with Gasteiger partial charge in [0, 0.05) is 35.4 Å². The number of aliphatic hydroxyl groups is 1. The fraction of sp³-hybridized carbons (Fsp3) is 0.286. The van der Waals surface area contributed by atoms with Crippen LogP contribution in [0.25, 0.3) is 0 Å². The van der Waals surface area contributed by atoms with E-state index in [1.807, 2.05) is 0 Å². The highest BCUT2D eigenvalue weighted by atomic mass is 35.5. The zero-order valence-electron chi connectivity index (χ0n) is 10.1. The van der Waals surface area contributed by atoms with Crippen molar-refractivity contribution in [3.8, 4) is 0 Å². The summed E-state index contributed by atoms with van der Waals surface area (Å²) in [4.78, 5) is 23.8. The lowest BCUT2D eigenvalue weighted by Gasteiger charge is -2.14. The molecule has 0 atom stereocenters. The first kappa shape index (κ1) is 14.1. The van der Waals surface area contributed by atoms with Gasteiger partial charge in [0.1, 0.15) is 0 Å². The number of hydrogen-bond acceptors (Lipinski definition) is 3. The molecule has 100 valence electrons. The molecule has 0 heterocycles. The summed E-state index contributed by atoms with van der Waals surface area (Å²) in [5.41, 5.74) is 0.520. The summed E-state index contributed by atoms with van der Waals surface area (Å²) in [5, 5.41) is 10.4. The predicted octanol–water partition coefficient (Wildman–Crippen LogP) is 4.13. The van der Waals surface area contributed by atoms with E-state index in [-0.39, 0.29) is 34.3 Å². The summed E-state index contributed by atoms with van der Waals surface area (Å²) in [5.74, 6) is -0.435. The topological polar surface area (TPSA) is 54.4 Å². The average molecular weight is 299 g/mol. The van der Waals surface area contributed by atoms with Gasteiger partial charge in [0.25, 0.3) is 0 Å². The Morgan fingerprint density at radius 3 is 2.63 bits per heavy atom. The first-order chi connectivity index (χ1) is 8.99. The number of rotatable bonds is 3. The number of aliphatic hydroxyl groups excluding tert-OH is 1. The van der Waals surface area contributed by atoms with Crippen molar-refractivity contribution in [1.82, 2.24) is 0 Å². The quantitative estimate of drug-likeness (QED) is 0.854. The highest BCUT2D eigenvalue weighted by molar-refractivity contribution is 6.37. The van der Waals surface area contributed by atoms with Crippen LogP contribution in [0.3, 0.4) is 0 Å². The molecular weight excluding hydrogens is 287 g/mol. The lowest BCUT2D eigenvalue weighted by Crippen LogP contribution is -2.15. The highest BCUT2D eigenvalue weighted by Crippen LogP contribution is 2.27. The van der Waals surface area contributed by atoms with E-state index in [1.54, 1.807) is 6.07 Å². The first-order valence-corrected chi connectivity index (χ1v) is 6.67. The molecule has 0 amide bonds. The van der Waals surface area contributed by atoms with Crippen LogP contribution in [0.15, 0.2) is 29.5 Å². The Kier molecular flexibility index (Phi) is 4.27. The van der Waals surface area contributed by atoms with E-state index in [2.05, 4.69) is 0 Å². The minimum atomic E-state index is -0.293. The van der Waals surface area contributed by atoms with Crippen LogP contribution >= 0.6 is 23.2 Å². The maximum atomic E-state index is 12.1. The molecule has 2 rings (SSSR count). The van der Waals surface area contributed by atoms with Crippen LogP contribution < -0.4 is 0 Å². The van der Waals surface area contributed by atoms with Crippen LogP contribution in [0.2, 0.25) is 10.0 Å². The lowest BCUT2D eigenvalue weighted by molar-refractivity contribution is -0.116.